The van der Waals surface area contributed by atoms with E-state index in [9.17, 15) is 9.59 Å². The van der Waals surface area contributed by atoms with E-state index in [2.05, 4.69) is 33.9 Å². The third-order valence-corrected chi connectivity index (χ3v) is 7.23. The maximum absolute atomic E-state index is 12.8. The van der Waals surface area contributed by atoms with Crippen LogP contribution in [-0.4, -0.2) is 52.3 Å². The van der Waals surface area contributed by atoms with E-state index in [4.69, 9.17) is 11.6 Å². The molecule has 1 aromatic carbocycles. The molecule has 2 heterocycles. The number of anilines is 1. The van der Waals surface area contributed by atoms with Gasteiger partial charge in [-0.05, 0) is 74.9 Å². The summed E-state index contributed by atoms with van der Waals surface area (Å²) in [7, 11) is 0. The molecule has 2 fully saturated rings. The molecular weight excluding hydrogens is 436 g/mol. The van der Waals surface area contributed by atoms with Crippen molar-refractivity contribution in [2.45, 2.75) is 53.1 Å². The zero-order valence-electron chi connectivity index (χ0n) is 19.9. The molecule has 6 nitrogen and oxygen atoms in total. The number of rotatable bonds is 5. The predicted octanol–water partition coefficient (Wildman–Crippen LogP) is 4.68. The molecule has 1 saturated carbocycles. The number of nitrogens with one attached hydrogen (secondary N) is 1. The fourth-order valence-corrected chi connectivity index (χ4v) is 5.15. The van der Waals surface area contributed by atoms with Gasteiger partial charge >= 0.3 is 0 Å². The van der Waals surface area contributed by atoms with E-state index in [1.807, 2.05) is 26.0 Å². The van der Waals surface area contributed by atoms with Crippen molar-refractivity contribution in [2.75, 3.05) is 25.0 Å². The average molecular weight is 469 g/mol. The quantitative estimate of drug-likeness (QED) is 0.691. The molecule has 1 aromatic heterocycles. The van der Waals surface area contributed by atoms with Crippen molar-refractivity contribution in [3.63, 3.8) is 0 Å². The van der Waals surface area contributed by atoms with Gasteiger partial charge in [-0.15, -0.1) is 0 Å². The summed E-state index contributed by atoms with van der Waals surface area (Å²) in [5.41, 5.74) is 4.18. The van der Waals surface area contributed by atoms with Crippen LogP contribution in [0.1, 0.15) is 53.9 Å². The molecule has 1 atom stereocenters. The van der Waals surface area contributed by atoms with Crippen LogP contribution in [0.15, 0.2) is 30.5 Å². The maximum atomic E-state index is 12.8. The third-order valence-electron chi connectivity index (χ3n) is 7.01. The summed E-state index contributed by atoms with van der Waals surface area (Å²) >= 11 is 6.42. The summed E-state index contributed by atoms with van der Waals surface area (Å²) in [6.07, 6.45) is 3.64. The van der Waals surface area contributed by atoms with Gasteiger partial charge in [-0.1, -0.05) is 18.5 Å². The van der Waals surface area contributed by atoms with E-state index in [-0.39, 0.29) is 17.9 Å². The van der Waals surface area contributed by atoms with E-state index >= 15 is 0 Å². The van der Waals surface area contributed by atoms with Gasteiger partial charge in [0.25, 0.3) is 5.91 Å². The van der Waals surface area contributed by atoms with Crippen LogP contribution in [0.3, 0.4) is 0 Å². The molecule has 2 aliphatic rings. The van der Waals surface area contributed by atoms with Crippen molar-refractivity contribution in [1.82, 2.24) is 14.8 Å². The third kappa shape index (κ3) is 5.39. The Labute approximate surface area is 201 Å². The van der Waals surface area contributed by atoms with Crippen molar-refractivity contribution in [3.05, 3.63) is 57.9 Å². The molecule has 0 bridgehead atoms. The zero-order valence-corrected chi connectivity index (χ0v) is 20.7. The normalized spacial score (nSPS) is 23.2. The van der Waals surface area contributed by atoms with Gasteiger partial charge in [0.1, 0.15) is 0 Å². The molecule has 1 N–H and O–H groups in total. The second-order valence-corrected chi connectivity index (χ2v) is 10.2. The smallest absolute Gasteiger partial charge is 0.257 e. The Morgan fingerprint density at radius 3 is 2.55 bits per heavy atom. The van der Waals surface area contributed by atoms with Crippen molar-refractivity contribution in [2.24, 2.45) is 11.8 Å². The molecule has 0 radical (unpaired) electrons. The first kappa shape index (κ1) is 23.7. The second kappa shape index (κ2) is 9.82. The number of amides is 2. The van der Waals surface area contributed by atoms with Gasteiger partial charge in [0.15, 0.2) is 0 Å². The Morgan fingerprint density at radius 2 is 1.91 bits per heavy atom. The highest BCUT2D eigenvalue weighted by atomic mass is 35.5. The summed E-state index contributed by atoms with van der Waals surface area (Å²) in [6.45, 7) is 11.4. The molecule has 2 aromatic rings. The Hall–Kier alpha value is -2.44. The Morgan fingerprint density at radius 1 is 1.15 bits per heavy atom. The van der Waals surface area contributed by atoms with Crippen LogP contribution >= 0.6 is 11.6 Å². The van der Waals surface area contributed by atoms with Gasteiger partial charge in [-0.25, -0.2) is 0 Å². The molecule has 1 aliphatic heterocycles. The standard InChI is InChI=1S/C26H33ClN4O2/c1-16-9-21(10-16)26(33)31-8-7-30(14-18(31)3)15-22-11-23(27)12-24(19(22)4)29-25(32)20-6-5-17(2)28-13-20/h5-6,11-13,16,18,21H,7-10,14-15H2,1-4H3,(H,29,32)/t16-,18-,21+/m0/s1. The lowest BCUT2D eigenvalue weighted by Crippen LogP contribution is -2.56. The topological polar surface area (TPSA) is 65.5 Å². The van der Waals surface area contributed by atoms with Crippen LogP contribution in [0.5, 0.6) is 0 Å². The van der Waals surface area contributed by atoms with Gasteiger partial charge in [0, 0.05) is 60.7 Å². The summed E-state index contributed by atoms with van der Waals surface area (Å²) < 4.78 is 0. The number of piperazine rings is 1. The molecule has 0 unspecified atom stereocenters. The highest BCUT2D eigenvalue weighted by Crippen LogP contribution is 2.35. The first-order valence-corrected chi connectivity index (χ1v) is 12.1. The van der Waals surface area contributed by atoms with Gasteiger partial charge in [-0.2, -0.15) is 0 Å². The number of pyridine rings is 1. The van der Waals surface area contributed by atoms with Gasteiger partial charge in [0.2, 0.25) is 5.91 Å². The van der Waals surface area contributed by atoms with Crippen LogP contribution in [-0.2, 0) is 11.3 Å². The number of aromatic nitrogens is 1. The number of aryl methyl sites for hydroxylation is 1. The van der Waals surface area contributed by atoms with Crippen molar-refractivity contribution in [1.29, 1.82) is 0 Å². The Bertz CT molecular complexity index is 1030. The lowest BCUT2D eigenvalue weighted by atomic mass is 9.75. The van der Waals surface area contributed by atoms with E-state index < -0.39 is 0 Å². The van der Waals surface area contributed by atoms with Crippen molar-refractivity contribution < 1.29 is 9.59 Å². The molecule has 1 saturated heterocycles. The van der Waals surface area contributed by atoms with Crippen LogP contribution < -0.4 is 5.32 Å². The minimum Gasteiger partial charge on any atom is -0.337 e. The van der Waals surface area contributed by atoms with E-state index in [1.165, 1.54) is 0 Å². The SMILES string of the molecule is Cc1ccc(C(=O)Nc2cc(Cl)cc(CN3CCN(C(=O)[C@H]4C[C@@H](C)C4)[C@@H](C)C3)c2C)cn1. The number of carbonyl (C=O) groups is 2. The summed E-state index contributed by atoms with van der Waals surface area (Å²) in [5, 5.41) is 3.58. The average Bonchev–Trinajstić information content (AvgIpc) is 2.75. The zero-order chi connectivity index (χ0) is 23.7. The fourth-order valence-electron chi connectivity index (χ4n) is 4.91. The lowest BCUT2D eigenvalue weighted by Gasteiger charge is -2.44. The van der Waals surface area contributed by atoms with Crippen LogP contribution in [0, 0.1) is 25.7 Å². The molecular formula is C26H33ClN4O2. The first-order valence-electron chi connectivity index (χ1n) is 11.8. The monoisotopic (exact) mass is 468 g/mol. The van der Waals surface area contributed by atoms with Crippen molar-refractivity contribution >= 4 is 29.1 Å². The van der Waals surface area contributed by atoms with Crippen molar-refractivity contribution in [3.8, 4) is 0 Å². The minimum atomic E-state index is -0.204. The summed E-state index contributed by atoms with van der Waals surface area (Å²) in [5.74, 6) is 1.03. The number of nitrogens with zero attached hydrogens (tertiary/aromatic N) is 3. The Kier molecular flexibility index (Phi) is 7.05. The molecule has 4 rings (SSSR count). The minimum absolute atomic E-state index is 0.190. The van der Waals surface area contributed by atoms with E-state index in [1.54, 1.807) is 18.3 Å². The largest absolute Gasteiger partial charge is 0.337 e. The maximum Gasteiger partial charge on any atom is 0.257 e. The highest BCUT2D eigenvalue weighted by Gasteiger charge is 2.37. The van der Waals surface area contributed by atoms with Gasteiger partial charge in [0.05, 0.1) is 5.56 Å². The molecule has 33 heavy (non-hydrogen) atoms. The van der Waals surface area contributed by atoms with Crippen LogP contribution in [0.25, 0.3) is 0 Å². The molecule has 0 spiro atoms. The number of hydrogen-bond donors (Lipinski definition) is 1. The van der Waals surface area contributed by atoms with Gasteiger partial charge in [-0.3, -0.25) is 19.5 Å². The van der Waals surface area contributed by atoms with Crippen LogP contribution in [0.2, 0.25) is 5.02 Å². The molecule has 176 valence electrons. The van der Waals surface area contributed by atoms with E-state index in [0.29, 0.717) is 28.1 Å². The lowest BCUT2D eigenvalue weighted by molar-refractivity contribution is -0.144. The second-order valence-electron chi connectivity index (χ2n) is 9.77. The number of halogens is 1. The summed E-state index contributed by atoms with van der Waals surface area (Å²) in [6, 6.07) is 7.54. The number of benzene rings is 1. The molecule has 1 aliphatic carbocycles. The highest BCUT2D eigenvalue weighted by molar-refractivity contribution is 6.31. The predicted molar refractivity (Wildman–Crippen MR) is 131 cm³/mol. The number of carbonyl (C=O) groups excluding carboxylic acids is 2. The molecule has 2 amide bonds. The van der Waals surface area contributed by atoms with Gasteiger partial charge < -0.3 is 10.2 Å². The summed E-state index contributed by atoms with van der Waals surface area (Å²) in [4.78, 5) is 34.2. The van der Waals surface area contributed by atoms with Crippen LogP contribution in [0.4, 0.5) is 5.69 Å². The fraction of sp³-hybridized carbons (Fsp3) is 0.500. The van der Waals surface area contributed by atoms with E-state index in [0.717, 1.165) is 55.8 Å². The first-order chi connectivity index (χ1) is 15.7. The Balaban J connectivity index is 1.41. The number of hydrogen-bond acceptors (Lipinski definition) is 4. The molecule has 7 heteroatoms.